The maximum Gasteiger partial charge on any atom is 0.264 e. The van der Waals surface area contributed by atoms with Crippen molar-refractivity contribution in [3.05, 3.63) is 96.1 Å². The highest BCUT2D eigenvalue weighted by Crippen LogP contribution is 2.26. The summed E-state index contributed by atoms with van der Waals surface area (Å²) < 4.78 is 33.4. The Hall–Kier alpha value is -3.62. The highest BCUT2D eigenvalue weighted by Gasteiger charge is 2.24. The molecular formula is C30H35N3O4S. The lowest BCUT2D eigenvalue weighted by atomic mass is 10.2. The summed E-state index contributed by atoms with van der Waals surface area (Å²) in [7, 11) is -3.68. The topological polar surface area (TPSA) is 70.2 Å². The maximum atomic E-state index is 13.1. The van der Waals surface area contributed by atoms with Crippen molar-refractivity contribution in [2.75, 3.05) is 50.2 Å². The van der Waals surface area contributed by atoms with Crippen LogP contribution < -0.4 is 9.04 Å². The summed E-state index contributed by atoms with van der Waals surface area (Å²) >= 11 is 0. The molecule has 1 aliphatic heterocycles. The van der Waals surface area contributed by atoms with Gasteiger partial charge in [-0.05, 0) is 55.8 Å². The molecule has 1 fully saturated rings. The Morgan fingerprint density at radius 2 is 1.58 bits per heavy atom. The van der Waals surface area contributed by atoms with E-state index in [0.717, 1.165) is 25.2 Å². The molecule has 1 heterocycles. The van der Waals surface area contributed by atoms with Crippen LogP contribution in [0.15, 0.2) is 89.8 Å². The van der Waals surface area contributed by atoms with Gasteiger partial charge in [-0.2, -0.15) is 0 Å². The highest BCUT2D eigenvalue weighted by molar-refractivity contribution is 7.92. The SMILES string of the molecule is CCN(c1ccc(OCC(=O)N2CCN(C/C=C/c3ccccc3)CC2)cc1)S(=O)(=O)c1ccc(C)cc1. The van der Waals surface area contributed by atoms with Gasteiger partial charge in [-0.3, -0.25) is 14.0 Å². The summed E-state index contributed by atoms with van der Waals surface area (Å²) in [6.45, 7) is 7.80. The summed E-state index contributed by atoms with van der Waals surface area (Å²) in [4.78, 5) is 17.1. The van der Waals surface area contributed by atoms with Crippen molar-refractivity contribution in [1.29, 1.82) is 0 Å². The van der Waals surface area contributed by atoms with Crippen LogP contribution in [0.25, 0.3) is 6.08 Å². The van der Waals surface area contributed by atoms with Crippen LogP contribution in [0.3, 0.4) is 0 Å². The van der Waals surface area contributed by atoms with Crippen LogP contribution in [0, 0.1) is 6.92 Å². The van der Waals surface area contributed by atoms with E-state index in [0.29, 0.717) is 31.1 Å². The van der Waals surface area contributed by atoms with Gasteiger partial charge in [-0.15, -0.1) is 0 Å². The van der Waals surface area contributed by atoms with E-state index in [9.17, 15) is 13.2 Å². The van der Waals surface area contributed by atoms with Gasteiger partial charge in [0.25, 0.3) is 15.9 Å². The Kier molecular flexibility index (Phi) is 9.20. The van der Waals surface area contributed by atoms with Crippen molar-refractivity contribution in [3.63, 3.8) is 0 Å². The molecule has 1 saturated heterocycles. The van der Waals surface area contributed by atoms with Crippen molar-refractivity contribution in [2.24, 2.45) is 0 Å². The lowest BCUT2D eigenvalue weighted by molar-refractivity contribution is -0.135. The summed E-state index contributed by atoms with van der Waals surface area (Å²) in [5.41, 5.74) is 2.73. The molecule has 0 spiro atoms. The van der Waals surface area contributed by atoms with E-state index in [2.05, 4.69) is 29.2 Å². The number of hydrogen-bond donors (Lipinski definition) is 0. The molecule has 0 saturated carbocycles. The maximum absolute atomic E-state index is 13.1. The number of carbonyl (C=O) groups is 1. The molecule has 8 heteroatoms. The van der Waals surface area contributed by atoms with Crippen LogP contribution >= 0.6 is 0 Å². The molecule has 0 bridgehead atoms. The standard InChI is InChI=1S/C30H35N3O4S/c1-3-33(38(35,36)29-17-11-25(2)12-18-29)27-13-15-28(16-14-27)37-24-30(34)32-22-20-31(21-23-32)19-7-10-26-8-5-4-6-9-26/h4-18H,3,19-24H2,1-2H3/b10-7+. The summed E-state index contributed by atoms with van der Waals surface area (Å²) in [6.07, 6.45) is 4.28. The fourth-order valence-corrected chi connectivity index (χ4v) is 5.83. The van der Waals surface area contributed by atoms with Crippen LogP contribution in [0.1, 0.15) is 18.1 Å². The van der Waals surface area contributed by atoms with Gasteiger partial charge in [0.1, 0.15) is 5.75 Å². The zero-order chi connectivity index (χ0) is 27.0. The van der Waals surface area contributed by atoms with Gasteiger partial charge >= 0.3 is 0 Å². The molecule has 0 radical (unpaired) electrons. The second kappa shape index (κ2) is 12.8. The van der Waals surface area contributed by atoms with E-state index < -0.39 is 10.0 Å². The number of piperazine rings is 1. The molecule has 4 rings (SSSR count). The number of aryl methyl sites for hydroxylation is 1. The van der Waals surface area contributed by atoms with E-state index >= 15 is 0 Å². The first-order chi connectivity index (χ1) is 18.4. The molecule has 1 amide bonds. The van der Waals surface area contributed by atoms with Gasteiger partial charge in [0.2, 0.25) is 0 Å². The minimum atomic E-state index is -3.68. The molecule has 0 atom stereocenters. The number of sulfonamides is 1. The highest BCUT2D eigenvalue weighted by atomic mass is 32.2. The molecule has 38 heavy (non-hydrogen) atoms. The van der Waals surface area contributed by atoms with Gasteiger partial charge in [0.15, 0.2) is 6.61 Å². The number of carbonyl (C=O) groups excluding carboxylic acids is 1. The van der Waals surface area contributed by atoms with Crippen molar-refractivity contribution >= 4 is 27.7 Å². The van der Waals surface area contributed by atoms with Gasteiger partial charge in [0, 0.05) is 39.3 Å². The van der Waals surface area contributed by atoms with Crippen LogP contribution in [0.4, 0.5) is 5.69 Å². The smallest absolute Gasteiger partial charge is 0.264 e. The summed E-state index contributed by atoms with van der Waals surface area (Å²) in [5, 5.41) is 0. The predicted octanol–water partition coefficient (Wildman–Crippen LogP) is 4.45. The molecule has 0 aromatic heterocycles. The van der Waals surface area contributed by atoms with E-state index in [-0.39, 0.29) is 17.4 Å². The van der Waals surface area contributed by atoms with Crippen molar-refractivity contribution in [1.82, 2.24) is 9.80 Å². The summed E-state index contributed by atoms with van der Waals surface area (Å²) in [6, 6.07) is 23.8. The van der Waals surface area contributed by atoms with Gasteiger partial charge in [0.05, 0.1) is 10.6 Å². The Balaban J connectivity index is 1.25. The number of ether oxygens (including phenoxy) is 1. The molecule has 7 nitrogen and oxygen atoms in total. The lowest BCUT2D eigenvalue weighted by Gasteiger charge is -2.34. The third kappa shape index (κ3) is 7.02. The molecule has 0 N–H and O–H groups in total. The van der Waals surface area contributed by atoms with Crippen LogP contribution in [0.2, 0.25) is 0 Å². The van der Waals surface area contributed by atoms with E-state index in [1.807, 2.05) is 30.0 Å². The van der Waals surface area contributed by atoms with E-state index in [4.69, 9.17) is 4.74 Å². The molecule has 3 aromatic carbocycles. The molecule has 0 unspecified atom stereocenters. The number of rotatable bonds is 10. The third-order valence-electron chi connectivity index (χ3n) is 6.58. The zero-order valence-electron chi connectivity index (χ0n) is 22.0. The number of anilines is 1. The fourth-order valence-electron chi connectivity index (χ4n) is 4.36. The van der Waals surface area contributed by atoms with Gasteiger partial charge in [-0.25, -0.2) is 8.42 Å². The first-order valence-electron chi connectivity index (χ1n) is 12.9. The minimum Gasteiger partial charge on any atom is -0.484 e. The van der Waals surface area contributed by atoms with Gasteiger partial charge < -0.3 is 9.64 Å². The zero-order valence-corrected chi connectivity index (χ0v) is 22.8. The van der Waals surface area contributed by atoms with Crippen LogP contribution in [0.5, 0.6) is 5.75 Å². The Morgan fingerprint density at radius 1 is 0.921 bits per heavy atom. The second-order valence-electron chi connectivity index (χ2n) is 9.26. The Labute approximate surface area is 226 Å². The first-order valence-corrected chi connectivity index (χ1v) is 14.3. The molecule has 1 aliphatic rings. The number of amides is 1. The number of nitrogens with zero attached hydrogens (tertiary/aromatic N) is 3. The van der Waals surface area contributed by atoms with E-state index in [1.165, 1.54) is 9.87 Å². The number of benzene rings is 3. The molecule has 200 valence electrons. The largest absolute Gasteiger partial charge is 0.484 e. The second-order valence-corrected chi connectivity index (χ2v) is 11.1. The quantitative estimate of drug-likeness (QED) is 0.385. The number of hydrogen-bond acceptors (Lipinski definition) is 5. The summed E-state index contributed by atoms with van der Waals surface area (Å²) in [5.74, 6) is 0.473. The average molecular weight is 534 g/mol. The Bertz CT molecular complexity index is 1320. The van der Waals surface area contributed by atoms with Crippen LogP contribution in [-0.4, -0.2) is 70.0 Å². The van der Waals surface area contributed by atoms with Crippen molar-refractivity contribution in [3.8, 4) is 5.75 Å². The van der Waals surface area contributed by atoms with Crippen LogP contribution in [-0.2, 0) is 14.8 Å². The van der Waals surface area contributed by atoms with Gasteiger partial charge in [-0.1, -0.05) is 60.2 Å². The predicted molar refractivity (Wildman–Crippen MR) is 152 cm³/mol. The van der Waals surface area contributed by atoms with Crippen molar-refractivity contribution in [2.45, 2.75) is 18.7 Å². The Morgan fingerprint density at radius 3 is 2.21 bits per heavy atom. The third-order valence-corrected chi connectivity index (χ3v) is 8.50. The molecular weight excluding hydrogens is 498 g/mol. The monoisotopic (exact) mass is 533 g/mol. The average Bonchev–Trinajstić information content (AvgIpc) is 2.94. The van der Waals surface area contributed by atoms with Crippen molar-refractivity contribution < 1.29 is 17.9 Å². The molecule has 3 aromatic rings. The normalized spacial score (nSPS) is 14.5. The lowest BCUT2D eigenvalue weighted by Crippen LogP contribution is -2.49. The minimum absolute atomic E-state index is 0.0492. The van der Waals surface area contributed by atoms with E-state index in [1.54, 1.807) is 55.5 Å². The molecule has 0 aliphatic carbocycles. The fraction of sp³-hybridized carbons (Fsp3) is 0.300. The first kappa shape index (κ1) is 27.4.